The van der Waals surface area contributed by atoms with Crippen molar-refractivity contribution in [3.8, 4) is 5.75 Å². The van der Waals surface area contributed by atoms with Crippen molar-refractivity contribution in [1.29, 1.82) is 0 Å². The van der Waals surface area contributed by atoms with Crippen molar-refractivity contribution in [3.05, 3.63) is 40.7 Å². The first-order chi connectivity index (χ1) is 14.9. The molecule has 2 aliphatic carbocycles. The van der Waals surface area contributed by atoms with Gasteiger partial charge in [0.05, 0.1) is 0 Å². The van der Waals surface area contributed by atoms with Gasteiger partial charge >= 0.3 is 6.36 Å². The van der Waals surface area contributed by atoms with Crippen molar-refractivity contribution in [1.82, 2.24) is 0 Å². The van der Waals surface area contributed by atoms with Gasteiger partial charge in [0.1, 0.15) is 0 Å². The summed E-state index contributed by atoms with van der Waals surface area (Å²) in [6, 6.07) is 2.69. The molecule has 0 aliphatic heterocycles. The zero-order valence-corrected chi connectivity index (χ0v) is 18.7. The largest absolute Gasteiger partial charge is 0.573 e. The Morgan fingerprint density at radius 3 is 2.29 bits per heavy atom. The van der Waals surface area contributed by atoms with E-state index in [9.17, 15) is 17.6 Å². The molecular weight excluding hydrogens is 404 g/mol. The number of halogens is 4. The number of rotatable bonds is 10. The highest BCUT2D eigenvalue weighted by Gasteiger charge is 2.33. The third-order valence-electron chi connectivity index (χ3n) is 7.10. The summed E-state index contributed by atoms with van der Waals surface area (Å²) in [5.41, 5.74) is 2.41. The molecule has 0 aromatic heterocycles. The van der Waals surface area contributed by atoms with Gasteiger partial charge in [0, 0.05) is 0 Å². The molecule has 1 saturated carbocycles. The fourth-order valence-electron chi connectivity index (χ4n) is 5.22. The van der Waals surface area contributed by atoms with Crippen LogP contribution in [0.25, 0.3) is 0 Å². The van der Waals surface area contributed by atoms with Crippen LogP contribution in [0.3, 0.4) is 0 Å². The smallest absolute Gasteiger partial charge is 0.403 e. The maximum atomic E-state index is 14.4. The summed E-state index contributed by atoms with van der Waals surface area (Å²) >= 11 is 0. The highest BCUT2D eigenvalue weighted by molar-refractivity contribution is 5.43. The van der Waals surface area contributed by atoms with Gasteiger partial charge in [0.15, 0.2) is 11.6 Å². The Bertz CT molecular complexity index is 730. The van der Waals surface area contributed by atoms with Crippen LogP contribution in [-0.2, 0) is 12.8 Å². The standard InChI is InChI=1S/C26H36F4O/c1-2-3-4-5-6-7-19-8-10-20(11-9-19)12-13-21-14-16-23-22(18-21)15-17-24(25(23)27)31-26(28,29)30/h14-15,17,19-20H,2-13,16,18H2,1H3. The minimum Gasteiger partial charge on any atom is -0.403 e. The molecule has 1 nitrogen and oxygen atoms in total. The Kier molecular flexibility index (Phi) is 8.85. The first-order valence-corrected chi connectivity index (χ1v) is 12.1. The van der Waals surface area contributed by atoms with Crippen LogP contribution < -0.4 is 4.74 Å². The SMILES string of the molecule is CCCCCCCC1CCC(CCC2=CCc3c(ccc(OC(F)(F)F)c3F)C2)CC1. The molecule has 3 rings (SSSR count). The Labute approximate surface area is 184 Å². The quantitative estimate of drug-likeness (QED) is 0.201. The lowest BCUT2D eigenvalue weighted by atomic mass is 9.77. The second-order valence-corrected chi connectivity index (χ2v) is 9.43. The Hall–Kier alpha value is -1.52. The topological polar surface area (TPSA) is 9.23 Å². The van der Waals surface area contributed by atoms with E-state index in [-0.39, 0.29) is 0 Å². The fraction of sp³-hybridized carbons (Fsp3) is 0.692. The van der Waals surface area contributed by atoms with Gasteiger partial charge in [-0.3, -0.25) is 0 Å². The average molecular weight is 441 g/mol. The van der Waals surface area contributed by atoms with Crippen LogP contribution in [0.5, 0.6) is 5.75 Å². The molecule has 174 valence electrons. The lowest BCUT2D eigenvalue weighted by Gasteiger charge is -2.29. The van der Waals surface area contributed by atoms with Crippen molar-refractivity contribution in [2.75, 3.05) is 0 Å². The molecule has 0 N–H and O–H groups in total. The van der Waals surface area contributed by atoms with Gasteiger partial charge in [0.2, 0.25) is 0 Å². The molecule has 0 amide bonds. The summed E-state index contributed by atoms with van der Waals surface area (Å²) in [5, 5.41) is 0. The normalized spacial score (nSPS) is 21.5. The van der Waals surface area contributed by atoms with Crippen molar-refractivity contribution in [2.24, 2.45) is 11.8 Å². The third-order valence-corrected chi connectivity index (χ3v) is 7.10. The van der Waals surface area contributed by atoms with Gasteiger partial charge in [-0.1, -0.05) is 88.8 Å². The summed E-state index contributed by atoms with van der Waals surface area (Å²) < 4.78 is 55.5. The second kappa shape index (κ2) is 11.4. The molecular formula is C26H36F4O. The molecule has 1 aromatic carbocycles. The van der Waals surface area contributed by atoms with Gasteiger partial charge < -0.3 is 4.74 Å². The van der Waals surface area contributed by atoms with Crippen molar-refractivity contribution >= 4 is 0 Å². The number of unbranched alkanes of at least 4 members (excludes halogenated alkanes) is 4. The predicted molar refractivity (Wildman–Crippen MR) is 117 cm³/mol. The van der Waals surface area contributed by atoms with Crippen LogP contribution in [-0.4, -0.2) is 6.36 Å². The van der Waals surface area contributed by atoms with Crippen LogP contribution in [0, 0.1) is 17.7 Å². The minimum atomic E-state index is -4.88. The minimum absolute atomic E-state index is 0.338. The fourth-order valence-corrected chi connectivity index (χ4v) is 5.22. The summed E-state index contributed by atoms with van der Waals surface area (Å²) in [6.07, 6.45) is 13.8. The maximum Gasteiger partial charge on any atom is 0.573 e. The summed E-state index contributed by atoms with van der Waals surface area (Å²) in [4.78, 5) is 0. The number of fused-ring (bicyclic) bond motifs is 1. The van der Waals surface area contributed by atoms with E-state index in [0.717, 1.165) is 29.9 Å². The molecule has 1 fully saturated rings. The summed E-state index contributed by atoms with van der Waals surface area (Å²) in [6.45, 7) is 2.26. The third kappa shape index (κ3) is 7.54. The molecule has 0 atom stereocenters. The number of hydrogen-bond acceptors (Lipinski definition) is 1. The van der Waals surface area contributed by atoms with E-state index in [4.69, 9.17) is 0 Å². The molecule has 5 heteroatoms. The monoisotopic (exact) mass is 440 g/mol. The molecule has 0 radical (unpaired) electrons. The number of alkyl halides is 3. The van der Waals surface area contributed by atoms with Crippen LogP contribution >= 0.6 is 0 Å². The average Bonchev–Trinajstić information content (AvgIpc) is 2.74. The second-order valence-electron chi connectivity index (χ2n) is 9.43. The number of ether oxygens (including phenoxy) is 1. The molecule has 2 aliphatic rings. The Morgan fingerprint density at radius 2 is 1.61 bits per heavy atom. The first-order valence-electron chi connectivity index (χ1n) is 12.1. The van der Waals surface area contributed by atoms with Crippen molar-refractivity contribution < 1.29 is 22.3 Å². The van der Waals surface area contributed by atoms with Crippen LogP contribution in [0.1, 0.15) is 95.1 Å². The van der Waals surface area contributed by atoms with E-state index in [0.29, 0.717) is 18.4 Å². The van der Waals surface area contributed by atoms with E-state index in [1.165, 1.54) is 76.2 Å². The van der Waals surface area contributed by atoms with Gasteiger partial charge in [-0.25, -0.2) is 4.39 Å². The van der Waals surface area contributed by atoms with Gasteiger partial charge in [0.25, 0.3) is 0 Å². The Balaban J connectivity index is 1.40. The molecule has 0 heterocycles. The molecule has 0 unspecified atom stereocenters. The number of allylic oxidation sites excluding steroid dienone is 2. The van der Waals surface area contributed by atoms with E-state index in [1.54, 1.807) is 6.07 Å². The van der Waals surface area contributed by atoms with E-state index >= 15 is 0 Å². The predicted octanol–water partition coefficient (Wildman–Crippen LogP) is 8.70. The lowest BCUT2D eigenvalue weighted by Crippen LogP contribution is -2.19. The molecule has 0 bridgehead atoms. The van der Waals surface area contributed by atoms with E-state index < -0.39 is 17.9 Å². The van der Waals surface area contributed by atoms with E-state index in [1.807, 2.05) is 6.08 Å². The highest BCUT2D eigenvalue weighted by Crippen LogP contribution is 2.37. The maximum absolute atomic E-state index is 14.4. The van der Waals surface area contributed by atoms with Gasteiger partial charge in [-0.15, -0.1) is 13.2 Å². The van der Waals surface area contributed by atoms with E-state index in [2.05, 4.69) is 11.7 Å². The van der Waals surface area contributed by atoms with Gasteiger partial charge in [-0.2, -0.15) is 0 Å². The lowest BCUT2D eigenvalue weighted by molar-refractivity contribution is -0.275. The summed E-state index contributed by atoms with van der Waals surface area (Å²) in [5.74, 6) is 0.0797. The number of hydrogen-bond donors (Lipinski definition) is 0. The Morgan fingerprint density at radius 1 is 0.935 bits per heavy atom. The molecule has 1 aromatic rings. The number of benzene rings is 1. The first kappa shape index (κ1) is 24.1. The van der Waals surface area contributed by atoms with Gasteiger partial charge in [-0.05, 0) is 54.7 Å². The van der Waals surface area contributed by atoms with Crippen LogP contribution in [0.2, 0.25) is 0 Å². The highest BCUT2D eigenvalue weighted by atomic mass is 19.4. The zero-order chi connectivity index (χ0) is 22.3. The van der Waals surface area contributed by atoms with Crippen LogP contribution in [0.4, 0.5) is 17.6 Å². The summed E-state index contributed by atoms with van der Waals surface area (Å²) in [7, 11) is 0. The zero-order valence-electron chi connectivity index (χ0n) is 18.7. The van der Waals surface area contributed by atoms with Crippen molar-refractivity contribution in [2.45, 2.75) is 103 Å². The molecule has 0 spiro atoms. The molecule has 31 heavy (non-hydrogen) atoms. The van der Waals surface area contributed by atoms with Crippen molar-refractivity contribution in [3.63, 3.8) is 0 Å². The molecule has 0 saturated heterocycles. The van der Waals surface area contributed by atoms with Crippen LogP contribution in [0.15, 0.2) is 23.8 Å².